The number of hydrogen-bond donors (Lipinski definition) is 1. The fourth-order valence-corrected chi connectivity index (χ4v) is 8.92. The summed E-state index contributed by atoms with van der Waals surface area (Å²) in [4.78, 5) is 16.6. The highest BCUT2D eigenvalue weighted by molar-refractivity contribution is 7.90. The molecule has 0 radical (unpaired) electrons. The molecule has 1 N–H and O–H groups in total. The molecule has 1 amide bonds. The molecule has 2 saturated carbocycles. The van der Waals surface area contributed by atoms with Crippen LogP contribution in [0, 0.1) is 29.5 Å². The van der Waals surface area contributed by atoms with Crippen LogP contribution in [0.1, 0.15) is 45.2 Å². The lowest BCUT2D eigenvalue weighted by Gasteiger charge is -2.49. The van der Waals surface area contributed by atoms with Gasteiger partial charge in [-0.1, -0.05) is 24.3 Å². The normalized spacial score (nSPS) is 32.5. The Labute approximate surface area is 224 Å². The van der Waals surface area contributed by atoms with Gasteiger partial charge in [0, 0.05) is 30.9 Å². The molecule has 0 bridgehead atoms. The van der Waals surface area contributed by atoms with Crippen molar-refractivity contribution in [2.45, 2.75) is 56.9 Å². The number of nitrogens with one attached hydrogen (secondary N) is 1. The van der Waals surface area contributed by atoms with Crippen LogP contribution in [0.25, 0.3) is 17.2 Å². The summed E-state index contributed by atoms with van der Waals surface area (Å²) in [5.41, 5.74) is 2.39. The Morgan fingerprint density at radius 2 is 2.03 bits per heavy atom. The van der Waals surface area contributed by atoms with E-state index in [0.29, 0.717) is 18.4 Å². The van der Waals surface area contributed by atoms with Crippen LogP contribution in [0.3, 0.4) is 0 Å². The van der Waals surface area contributed by atoms with Crippen molar-refractivity contribution in [2.24, 2.45) is 23.7 Å². The van der Waals surface area contributed by atoms with E-state index in [9.17, 15) is 17.6 Å². The zero-order chi connectivity index (χ0) is 27.0. The predicted octanol–water partition coefficient (Wildman–Crippen LogP) is 5.10. The first-order chi connectivity index (χ1) is 18.2. The predicted molar refractivity (Wildman–Crippen MR) is 145 cm³/mol. The van der Waals surface area contributed by atoms with E-state index in [1.807, 2.05) is 31.2 Å². The quantitative estimate of drug-likeness (QED) is 0.569. The van der Waals surface area contributed by atoms with Crippen LogP contribution in [0.2, 0.25) is 0 Å². The highest BCUT2D eigenvalue weighted by Gasteiger charge is 2.57. The van der Waals surface area contributed by atoms with E-state index in [-0.39, 0.29) is 35.8 Å². The molecule has 3 aliphatic rings. The van der Waals surface area contributed by atoms with Crippen LogP contribution in [0.4, 0.5) is 9.18 Å². The standard InChI is InChI=1S/C29H36FN3O4S/c1-4-37-29(34)32-24-11-12-25-21(15-24)16-27-28(18(2)38(35,36)33(27)3)26(25)13-10-23-9-8-20(17-31-23)19-6-5-7-22(30)14-19/h5-10,13-14,17-18,21,24-28H,4,11-12,15-16H2,1-3H3,(H,32,34)/b13-10+/t18-,21+,24+,25-,26+,27-,28+/m1/s1. The number of nitrogens with zero attached hydrogens (tertiary/aromatic N) is 2. The van der Waals surface area contributed by atoms with Crippen molar-refractivity contribution < 1.29 is 22.3 Å². The second-order valence-corrected chi connectivity index (χ2v) is 13.2. The van der Waals surface area contributed by atoms with E-state index < -0.39 is 15.3 Å². The minimum absolute atomic E-state index is 0.00336. The molecule has 7 atom stereocenters. The van der Waals surface area contributed by atoms with Crippen molar-refractivity contribution in [1.82, 2.24) is 14.6 Å². The van der Waals surface area contributed by atoms with Crippen molar-refractivity contribution in [2.75, 3.05) is 13.7 Å². The lowest BCUT2D eigenvalue weighted by molar-refractivity contribution is 0.0344. The maximum absolute atomic E-state index is 13.6. The van der Waals surface area contributed by atoms with Gasteiger partial charge in [0.1, 0.15) is 5.82 Å². The summed E-state index contributed by atoms with van der Waals surface area (Å²) >= 11 is 0. The number of amides is 1. The highest BCUT2D eigenvalue weighted by Crippen LogP contribution is 2.53. The van der Waals surface area contributed by atoms with Crippen LogP contribution in [-0.4, -0.2) is 54.8 Å². The topological polar surface area (TPSA) is 88.6 Å². The molecule has 5 rings (SSSR count). The summed E-state index contributed by atoms with van der Waals surface area (Å²) in [6.45, 7) is 3.97. The summed E-state index contributed by atoms with van der Waals surface area (Å²) in [6, 6.07) is 10.3. The molecule has 2 heterocycles. The number of fused-ring (bicyclic) bond motifs is 2. The number of ether oxygens (including phenoxy) is 1. The molecule has 3 fully saturated rings. The van der Waals surface area contributed by atoms with E-state index in [4.69, 9.17) is 4.74 Å². The van der Waals surface area contributed by atoms with Crippen LogP contribution in [0.5, 0.6) is 0 Å². The summed E-state index contributed by atoms with van der Waals surface area (Å²) in [5.74, 6) is 0.442. The third-order valence-electron chi connectivity index (χ3n) is 8.88. The molecule has 9 heteroatoms. The van der Waals surface area contributed by atoms with E-state index in [1.165, 1.54) is 12.1 Å². The zero-order valence-electron chi connectivity index (χ0n) is 22.1. The van der Waals surface area contributed by atoms with Gasteiger partial charge in [0.25, 0.3) is 0 Å². The van der Waals surface area contributed by atoms with E-state index in [2.05, 4.69) is 16.4 Å². The average molecular weight is 542 g/mol. The van der Waals surface area contributed by atoms with Crippen molar-refractivity contribution in [3.8, 4) is 11.1 Å². The molecule has 2 aliphatic carbocycles. The van der Waals surface area contributed by atoms with Gasteiger partial charge in [-0.15, -0.1) is 0 Å². The van der Waals surface area contributed by atoms with Crippen LogP contribution in [-0.2, 0) is 14.8 Å². The molecule has 7 nitrogen and oxygen atoms in total. The average Bonchev–Trinajstić information content (AvgIpc) is 3.06. The second kappa shape index (κ2) is 10.8. The SMILES string of the molecule is CCOC(=O)N[C@H]1CC[C@@H]2[C@@H](C1)C[C@@H]1[C@H]([C@H]2/C=C/c2ccc(-c3cccc(F)c3)cn2)[C@@H](C)S(=O)(=O)N1C. The van der Waals surface area contributed by atoms with Gasteiger partial charge < -0.3 is 10.1 Å². The number of alkyl carbamates (subject to hydrolysis) is 1. The Balaban J connectivity index is 1.39. The Morgan fingerprint density at radius 3 is 2.74 bits per heavy atom. The maximum Gasteiger partial charge on any atom is 0.407 e. The summed E-state index contributed by atoms with van der Waals surface area (Å²) in [6.07, 6.45) is 8.92. The largest absolute Gasteiger partial charge is 0.450 e. The Hall–Kier alpha value is -2.78. The fraction of sp³-hybridized carbons (Fsp3) is 0.517. The molecule has 1 aliphatic heterocycles. The number of carbonyl (C=O) groups excluding carboxylic acids is 1. The number of aromatic nitrogens is 1. The van der Waals surface area contributed by atoms with Crippen LogP contribution in [0.15, 0.2) is 48.7 Å². The van der Waals surface area contributed by atoms with E-state index >= 15 is 0 Å². The second-order valence-electron chi connectivity index (χ2n) is 10.9. The maximum atomic E-state index is 13.6. The minimum Gasteiger partial charge on any atom is -0.450 e. The number of sulfonamides is 1. The molecule has 0 spiro atoms. The van der Waals surface area contributed by atoms with Gasteiger partial charge in [-0.3, -0.25) is 4.98 Å². The van der Waals surface area contributed by atoms with E-state index in [0.717, 1.165) is 42.5 Å². The van der Waals surface area contributed by atoms with Gasteiger partial charge in [-0.2, -0.15) is 0 Å². The lowest BCUT2D eigenvalue weighted by atomic mass is 9.58. The summed E-state index contributed by atoms with van der Waals surface area (Å²) in [5, 5.41) is 2.55. The fourth-order valence-electron chi connectivity index (χ4n) is 7.03. The van der Waals surface area contributed by atoms with Crippen LogP contribution >= 0.6 is 0 Å². The highest BCUT2D eigenvalue weighted by atomic mass is 32.2. The van der Waals surface area contributed by atoms with E-state index in [1.54, 1.807) is 30.5 Å². The third-order valence-corrected chi connectivity index (χ3v) is 11.2. The number of carbonyl (C=O) groups is 1. The minimum atomic E-state index is -3.36. The van der Waals surface area contributed by atoms with Crippen molar-refractivity contribution >= 4 is 22.2 Å². The van der Waals surface area contributed by atoms with Crippen molar-refractivity contribution in [1.29, 1.82) is 0 Å². The Morgan fingerprint density at radius 1 is 1.21 bits per heavy atom. The number of rotatable bonds is 5. The number of allylic oxidation sites excluding steroid dienone is 1. The van der Waals surface area contributed by atoms with Gasteiger partial charge in [-0.05, 0) is 93.0 Å². The summed E-state index contributed by atoms with van der Waals surface area (Å²) in [7, 11) is -1.65. The van der Waals surface area contributed by atoms with Gasteiger partial charge in [0.2, 0.25) is 10.0 Å². The van der Waals surface area contributed by atoms with Gasteiger partial charge in [0.15, 0.2) is 0 Å². The van der Waals surface area contributed by atoms with Crippen molar-refractivity contribution in [3.63, 3.8) is 0 Å². The molecular formula is C29H36FN3O4S. The monoisotopic (exact) mass is 541 g/mol. The van der Waals surface area contributed by atoms with Crippen molar-refractivity contribution in [3.05, 3.63) is 60.2 Å². The first-order valence-electron chi connectivity index (χ1n) is 13.5. The molecule has 1 aromatic heterocycles. The van der Waals surface area contributed by atoms with Gasteiger partial charge in [-0.25, -0.2) is 21.9 Å². The van der Waals surface area contributed by atoms with Gasteiger partial charge in [0.05, 0.1) is 17.6 Å². The summed E-state index contributed by atoms with van der Waals surface area (Å²) < 4.78 is 46.6. The number of hydrogen-bond acceptors (Lipinski definition) is 5. The first kappa shape index (κ1) is 26.8. The molecule has 0 unspecified atom stereocenters. The number of benzene rings is 1. The molecule has 2 aromatic rings. The Bertz CT molecular complexity index is 1300. The molecule has 204 valence electrons. The lowest BCUT2D eigenvalue weighted by Crippen LogP contribution is -2.50. The number of pyridine rings is 1. The first-order valence-corrected chi connectivity index (χ1v) is 15.0. The third kappa shape index (κ3) is 5.10. The number of halogens is 1. The smallest absolute Gasteiger partial charge is 0.407 e. The van der Waals surface area contributed by atoms with Gasteiger partial charge >= 0.3 is 6.09 Å². The molecule has 1 saturated heterocycles. The molecular weight excluding hydrogens is 505 g/mol. The van der Waals surface area contributed by atoms with Crippen LogP contribution < -0.4 is 5.32 Å². The zero-order valence-corrected chi connectivity index (χ0v) is 22.9. The molecule has 1 aromatic carbocycles. The molecule has 38 heavy (non-hydrogen) atoms. The Kier molecular flexibility index (Phi) is 7.60.